The van der Waals surface area contributed by atoms with E-state index in [-0.39, 0.29) is 5.69 Å². The lowest BCUT2D eigenvalue weighted by Crippen LogP contribution is -2.30. The van der Waals surface area contributed by atoms with E-state index in [1.807, 2.05) is 4.90 Å². The predicted molar refractivity (Wildman–Crippen MR) is 62.1 cm³/mol. The van der Waals surface area contributed by atoms with Crippen LogP contribution in [0.5, 0.6) is 0 Å². The van der Waals surface area contributed by atoms with Gasteiger partial charge in [-0.2, -0.15) is 5.10 Å². The van der Waals surface area contributed by atoms with Gasteiger partial charge >= 0.3 is 5.69 Å². The Hall–Kier alpha value is -1.63. The fourth-order valence-corrected chi connectivity index (χ4v) is 2.33. The molecule has 1 fully saturated rings. The quantitative estimate of drug-likeness (QED) is 0.604. The van der Waals surface area contributed by atoms with E-state index in [9.17, 15) is 15.2 Å². The van der Waals surface area contributed by atoms with Gasteiger partial charge in [-0.1, -0.05) is 0 Å². The van der Waals surface area contributed by atoms with E-state index in [1.54, 1.807) is 20.9 Å². The van der Waals surface area contributed by atoms with Crippen molar-refractivity contribution in [1.29, 1.82) is 0 Å². The first-order valence-electron chi connectivity index (χ1n) is 5.47. The predicted octanol–water partition coefficient (Wildman–Crippen LogP) is 0.598. The number of hydrogen-bond acceptors (Lipinski definition) is 5. The third-order valence-corrected chi connectivity index (χ3v) is 3.09. The maximum atomic E-state index is 11.0. The van der Waals surface area contributed by atoms with Crippen molar-refractivity contribution in [1.82, 2.24) is 9.78 Å². The van der Waals surface area contributed by atoms with Gasteiger partial charge in [0.15, 0.2) is 0 Å². The standard InChI is InChI=1S/C10H16N4O3/c1-7-8(14(16)17)9(12(3)11-7)13-5-4-10(2,15)6-13/h15H,4-6H2,1-3H3. The molecule has 1 aromatic heterocycles. The number of aliphatic hydroxyl groups is 1. The van der Waals surface area contributed by atoms with E-state index < -0.39 is 10.5 Å². The second-order valence-electron chi connectivity index (χ2n) is 4.81. The minimum atomic E-state index is -0.786. The molecule has 1 saturated heterocycles. The van der Waals surface area contributed by atoms with Gasteiger partial charge in [0.1, 0.15) is 5.69 Å². The van der Waals surface area contributed by atoms with Gasteiger partial charge in [-0.3, -0.25) is 10.1 Å². The lowest BCUT2D eigenvalue weighted by molar-refractivity contribution is -0.384. The van der Waals surface area contributed by atoms with E-state index in [2.05, 4.69) is 5.10 Å². The molecule has 7 heteroatoms. The Morgan fingerprint density at radius 2 is 2.24 bits per heavy atom. The normalized spacial score (nSPS) is 24.4. The number of anilines is 1. The van der Waals surface area contributed by atoms with Crippen molar-refractivity contribution in [3.05, 3.63) is 15.8 Å². The SMILES string of the molecule is Cc1nn(C)c(N2CCC(C)(O)C2)c1[N+](=O)[O-]. The Bertz CT molecular complexity index is 466. The molecule has 1 aliphatic rings. The van der Waals surface area contributed by atoms with Crippen molar-refractivity contribution in [2.75, 3.05) is 18.0 Å². The second kappa shape index (κ2) is 3.69. The zero-order chi connectivity index (χ0) is 12.8. The highest BCUT2D eigenvalue weighted by atomic mass is 16.6. The van der Waals surface area contributed by atoms with Gasteiger partial charge in [-0.25, -0.2) is 4.68 Å². The Balaban J connectivity index is 2.42. The van der Waals surface area contributed by atoms with Gasteiger partial charge in [0.05, 0.1) is 10.5 Å². The fourth-order valence-electron chi connectivity index (χ4n) is 2.33. The van der Waals surface area contributed by atoms with Gasteiger partial charge in [-0.05, 0) is 20.3 Å². The first-order chi connectivity index (χ1) is 7.82. The Morgan fingerprint density at radius 1 is 1.59 bits per heavy atom. The van der Waals surface area contributed by atoms with Crippen LogP contribution in [0.15, 0.2) is 0 Å². The van der Waals surface area contributed by atoms with Gasteiger partial charge in [0, 0.05) is 20.1 Å². The third-order valence-electron chi connectivity index (χ3n) is 3.09. The lowest BCUT2D eigenvalue weighted by atomic mass is 10.1. The molecule has 0 amide bonds. The van der Waals surface area contributed by atoms with E-state index >= 15 is 0 Å². The Kier molecular flexibility index (Phi) is 2.57. The van der Waals surface area contributed by atoms with Crippen LogP contribution in [-0.4, -0.2) is 38.5 Å². The van der Waals surface area contributed by atoms with Crippen molar-refractivity contribution in [3.63, 3.8) is 0 Å². The summed E-state index contributed by atoms with van der Waals surface area (Å²) in [6.45, 7) is 4.36. The fraction of sp³-hybridized carbons (Fsp3) is 0.700. The monoisotopic (exact) mass is 240 g/mol. The molecule has 7 nitrogen and oxygen atoms in total. The molecule has 1 N–H and O–H groups in total. The summed E-state index contributed by atoms with van der Waals surface area (Å²) in [5.41, 5.74) is -0.351. The molecule has 2 heterocycles. The molecule has 0 aromatic carbocycles. The molecule has 0 radical (unpaired) electrons. The number of nitro groups is 1. The van der Waals surface area contributed by atoms with Crippen molar-refractivity contribution in [3.8, 4) is 0 Å². The van der Waals surface area contributed by atoms with Gasteiger partial charge in [0.25, 0.3) is 0 Å². The molecule has 0 spiro atoms. The zero-order valence-corrected chi connectivity index (χ0v) is 10.2. The summed E-state index contributed by atoms with van der Waals surface area (Å²) < 4.78 is 1.51. The van der Waals surface area contributed by atoms with Crippen molar-refractivity contribution in [2.24, 2.45) is 7.05 Å². The summed E-state index contributed by atoms with van der Waals surface area (Å²) in [6.07, 6.45) is 0.606. The van der Waals surface area contributed by atoms with Crippen molar-refractivity contribution < 1.29 is 10.0 Å². The topological polar surface area (TPSA) is 84.4 Å². The maximum absolute atomic E-state index is 11.0. The summed E-state index contributed by atoms with van der Waals surface area (Å²) in [5.74, 6) is 0.477. The minimum Gasteiger partial charge on any atom is -0.388 e. The summed E-state index contributed by atoms with van der Waals surface area (Å²) in [6, 6.07) is 0. The van der Waals surface area contributed by atoms with Gasteiger partial charge < -0.3 is 10.0 Å². The van der Waals surface area contributed by atoms with Crippen LogP contribution in [0, 0.1) is 17.0 Å². The zero-order valence-electron chi connectivity index (χ0n) is 10.2. The minimum absolute atomic E-state index is 0.0326. The molecule has 17 heavy (non-hydrogen) atoms. The highest BCUT2D eigenvalue weighted by Crippen LogP contribution is 2.35. The second-order valence-corrected chi connectivity index (χ2v) is 4.81. The average Bonchev–Trinajstić information content (AvgIpc) is 2.66. The molecule has 1 aliphatic heterocycles. The molecule has 1 atom stereocenters. The number of β-amino-alcohol motifs (C(OH)–C–C–N with tert-alkyl or cyclic N) is 1. The molecule has 2 rings (SSSR count). The first-order valence-corrected chi connectivity index (χ1v) is 5.47. The Labute approximate surface area is 98.8 Å². The van der Waals surface area contributed by atoms with Crippen molar-refractivity contribution in [2.45, 2.75) is 25.9 Å². The molecule has 0 bridgehead atoms. The number of hydrogen-bond donors (Lipinski definition) is 1. The van der Waals surface area contributed by atoms with Crippen LogP contribution >= 0.6 is 0 Å². The summed E-state index contributed by atoms with van der Waals surface area (Å²) >= 11 is 0. The number of aryl methyl sites for hydroxylation is 2. The van der Waals surface area contributed by atoms with Crippen molar-refractivity contribution >= 4 is 11.5 Å². The Morgan fingerprint density at radius 3 is 2.71 bits per heavy atom. The van der Waals surface area contributed by atoms with Crippen LogP contribution in [0.4, 0.5) is 11.5 Å². The molecular weight excluding hydrogens is 224 g/mol. The highest BCUT2D eigenvalue weighted by molar-refractivity contribution is 5.62. The molecule has 1 aromatic rings. The first kappa shape index (κ1) is 11.8. The van der Waals surface area contributed by atoms with Gasteiger partial charge in [-0.15, -0.1) is 0 Å². The van der Waals surface area contributed by atoms with E-state index in [0.717, 1.165) is 0 Å². The number of aromatic nitrogens is 2. The van der Waals surface area contributed by atoms with Gasteiger partial charge in [0.2, 0.25) is 5.82 Å². The lowest BCUT2D eigenvalue weighted by Gasteiger charge is -2.19. The summed E-state index contributed by atoms with van der Waals surface area (Å²) in [7, 11) is 1.68. The molecule has 94 valence electrons. The van der Waals surface area contributed by atoms with Crippen LogP contribution in [-0.2, 0) is 7.05 Å². The third kappa shape index (κ3) is 1.97. The van der Waals surface area contributed by atoms with Crippen LogP contribution in [0.2, 0.25) is 0 Å². The largest absolute Gasteiger partial charge is 0.388 e. The molecule has 0 aliphatic carbocycles. The maximum Gasteiger partial charge on any atom is 0.333 e. The number of rotatable bonds is 2. The summed E-state index contributed by atoms with van der Waals surface area (Å²) in [4.78, 5) is 12.4. The van der Waals surface area contributed by atoms with E-state index in [0.29, 0.717) is 31.0 Å². The van der Waals surface area contributed by atoms with Crippen LogP contribution in [0.25, 0.3) is 0 Å². The molecular formula is C10H16N4O3. The average molecular weight is 240 g/mol. The van der Waals surface area contributed by atoms with E-state index in [4.69, 9.17) is 0 Å². The van der Waals surface area contributed by atoms with Crippen LogP contribution in [0.1, 0.15) is 19.0 Å². The van der Waals surface area contributed by atoms with Crippen LogP contribution < -0.4 is 4.90 Å². The number of nitrogens with zero attached hydrogens (tertiary/aromatic N) is 4. The molecule has 1 unspecified atom stereocenters. The smallest absolute Gasteiger partial charge is 0.333 e. The summed E-state index contributed by atoms with van der Waals surface area (Å²) in [5, 5.41) is 25.0. The van der Waals surface area contributed by atoms with Crippen LogP contribution in [0.3, 0.4) is 0 Å². The van der Waals surface area contributed by atoms with E-state index in [1.165, 1.54) is 4.68 Å². The molecule has 0 saturated carbocycles. The highest BCUT2D eigenvalue weighted by Gasteiger charge is 2.37.